The van der Waals surface area contributed by atoms with E-state index >= 15 is 0 Å². The maximum absolute atomic E-state index is 12.5. The van der Waals surface area contributed by atoms with Gasteiger partial charge in [-0.3, -0.25) is 9.59 Å². The Morgan fingerprint density at radius 1 is 1.07 bits per heavy atom. The maximum Gasteiger partial charge on any atom is 0.249 e. The van der Waals surface area contributed by atoms with Gasteiger partial charge in [0.15, 0.2) is 0 Å². The van der Waals surface area contributed by atoms with E-state index in [0.717, 1.165) is 19.3 Å². The predicted molar refractivity (Wildman–Crippen MR) is 113 cm³/mol. The molecule has 0 spiro atoms. The number of anilines is 2. The molecule has 0 radical (unpaired) electrons. The van der Waals surface area contributed by atoms with Crippen LogP contribution in [0.15, 0.2) is 36.9 Å². The lowest BCUT2D eigenvalue weighted by Gasteiger charge is -2.31. The van der Waals surface area contributed by atoms with E-state index in [9.17, 15) is 9.59 Å². The molecule has 2 amide bonds. The Morgan fingerprint density at radius 3 is 2.18 bits per heavy atom. The van der Waals surface area contributed by atoms with Crippen LogP contribution in [0.25, 0.3) is 0 Å². The summed E-state index contributed by atoms with van der Waals surface area (Å²) in [6, 6.07) is 6.51. The molecule has 1 unspecified atom stereocenters. The van der Waals surface area contributed by atoms with Crippen molar-refractivity contribution in [3.8, 4) is 0 Å². The summed E-state index contributed by atoms with van der Waals surface area (Å²) in [6.07, 6.45) is 7.42. The van der Waals surface area contributed by atoms with E-state index in [4.69, 9.17) is 5.73 Å². The molecule has 0 bridgehead atoms. The van der Waals surface area contributed by atoms with Gasteiger partial charge in [-0.2, -0.15) is 5.10 Å². The van der Waals surface area contributed by atoms with Crippen molar-refractivity contribution in [2.45, 2.75) is 50.6 Å². The Morgan fingerprint density at radius 2 is 1.64 bits per heavy atom. The number of rotatable bonds is 5. The molecule has 28 heavy (non-hydrogen) atoms. The molecule has 1 heterocycles. The molecule has 1 aliphatic rings. The van der Waals surface area contributed by atoms with Gasteiger partial charge in [-0.05, 0) is 44.0 Å². The van der Waals surface area contributed by atoms with Gasteiger partial charge in [0.05, 0.1) is 5.54 Å². The normalized spacial score (nSPS) is 16.1. The smallest absolute Gasteiger partial charge is 0.249 e. The van der Waals surface area contributed by atoms with E-state index in [1.807, 2.05) is 0 Å². The fraction of sp³-hybridized carbons (Fsp3) is 0.444. The predicted octanol–water partition coefficient (Wildman–Crippen LogP) is 2.92. The fourth-order valence-corrected chi connectivity index (χ4v) is 3.09. The van der Waals surface area contributed by atoms with Crippen LogP contribution >= 0.6 is 24.8 Å². The van der Waals surface area contributed by atoms with Crippen LogP contribution in [-0.2, 0) is 9.59 Å². The average molecular weight is 429 g/mol. The summed E-state index contributed by atoms with van der Waals surface area (Å²) in [5.74, 6) is -0.343. The second kappa shape index (κ2) is 10.4. The standard InChI is InChI=1S/C18H24N6O2.2ClH/c1-13(24-12-20-11-21-24)16(25)22-14-5-7-15(8-6-14)23-17(26)18(19)9-3-2-4-10-18;;/h5-8,11-13H,2-4,9-10,19H2,1H3,(H,22,25)(H,23,26);2*1H. The third kappa shape index (κ3) is 5.67. The summed E-state index contributed by atoms with van der Waals surface area (Å²) in [6.45, 7) is 1.74. The van der Waals surface area contributed by atoms with Gasteiger partial charge >= 0.3 is 0 Å². The van der Waals surface area contributed by atoms with Crippen LogP contribution in [0.4, 0.5) is 11.4 Å². The molecule has 0 aliphatic heterocycles. The summed E-state index contributed by atoms with van der Waals surface area (Å²) in [5.41, 5.74) is 6.76. The maximum atomic E-state index is 12.5. The molecule has 1 atom stereocenters. The number of carbonyl (C=O) groups is 2. The molecule has 8 nitrogen and oxygen atoms in total. The minimum absolute atomic E-state index is 0. The third-order valence-electron chi connectivity index (χ3n) is 4.82. The Balaban J connectivity index is 0.00000196. The van der Waals surface area contributed by atoms with E-state index in [-0.39, 0.29) is 36.6 Å². The van der Waals surface area contributed by atoms with Gasteiger partial charge in [0.2, 0.25) is 11.8 Å². The number of nitrogens with one attached hydrogen (secondary N) is 2. The highest BCUT2D eigenvalue weighted by molar-refractivity contribution is 5.98. The van der Waals surface area contributed by atoms with Crippen LogP contribution in [0.3, 0.4) is 0 Å². The van der Waals surface area contributed by atoms with Gasteiger partial charge in [0.1, 0.15) is 18.7 Å². The van der Waals surface area contributed by atoms with E-state index in [0.29, 0.717) is 24.2 Å². The van der Waals surface area contributed by atoms with Crippen LogP contribution in [-0.4, -0.2) is 32.1 Å². The van der Waals surface area contributed by atoms with Gasteiger partial charge in [0, 0.05) is 11.4 Å². The van der Waals surface area contributed by atoms with Gasteiger partial charge in [-0.25, -0.2) is 9.67 Å². The Kier molecular flexibility index (Phi) is 8.87. The second-order valence-corrected chi connectivity index (χ2v) is 6.79. The minimum Gasteiger partial charge on any atom is -0.324 e. The highest BCUT2D eigenvalue weighted by Crippen LogP contribution is 2.27. The fourth-order valence-electron chi connectivity index (χ4n) is 3.09. The number of nitrogens with two attached hydrogens (primary N) is 1. The summed E-state index contributed by atoms with van der Waals surface area (Å²) in [7, 11) is 0. The monoisotopic (exact) mass is 428 g/mol. The molecule has 4 N–H and O–H groups in total. The average Bonchev–Trinajstić information content (AvgIpc) is 3.18. The zero-order valence-corrected chi connectivity index (χ0v) is 17.3. The molecular formula is C18H26Cl2N6O2. The van der Waals surface area contributed by atoms with Crippen molar-refractivity contribution in [2.24, 2.45) is 5.73 Å². The van der Waals surface area contributed by atoms with Crippen LogP contribution in [0.1, 0.15) is 45.1 Å². The first-order valence-electron chi connectivity index (χ1n) is 8.83. The topological polar surface area (TPSA) is 115 Å². The zero-order valence-electron chi connectivity index (χ0n) is 15.6. The molecule has 10 heteroatoms. The Bertz CT molecular complexity index is 761. The highest BCUT2D eigenvalue weighted by Gasteiger charge is 2.35. The molecule has 1 aromatic heterocycles. The van der Waals surface area contributed by atoms with Crippen molar-refractivity contribution in [1.29, 1.82) is 0 Å². The van der Waals surface area contributed by atoms with E-state index in [1.54, 1.807) is 31.2 Å². The number of benzene rings is 1. The first-order valence-corrected chi connectivity index (χ1v) is 8.83. The van der Waals surface area contributed by atoms with Crippen LogP contribution < -0.4 is 16.4 Å². The quantitative estimate of drug-likeness (QED) is 0.676. The zero-order chi connectivity index (χ0) is 18.6. The van der Waals surface area contributed by atoms with Crippen LogP contribution in [0.5, 0.6) is 0 Å². The first kappa shape index (κ1) is 23.9. The van der Waals surface area contributed by atoms with Crippen molar-refractivity contribution >= 4 is 48.0 Å². The minimum atomic E-state index is -0.779. The number of hydrogen-bond acceptors (Lipinski definition) is 5. The molecule has 2 aromatic rings. The second-order valence-electron chi connectivity index (χ2n) is 6.79. The van der Waals surface area contributed by atoms with Crippen molar-refractivity contribution in [2.75, 3.05) is 10.6 Å². The van der Waals surface area contributed by atoms with Crippen LogP contribution in [0.2, 0.25) is 0 Å². The van der Waals surface area contributed by atoms with Gasteiger partial charge in [0.25, 0.3) is 0 Å². The van der Waals surface area contributed by atoms with Crippen molar-refractivity contribution in [3.05, 3.63) is 36.9 Å². The largest absolute Gasteiger partial charge is 0.324 e. The van der Waals surface area contributed by atoms with E-state index in [1.165, 1.54) is 17.3 Å². The van der Waals surface area contributed by atoms with Crippen molar-refractivity contribution in [1.82, 2.24) is 14.8 Å². The summed E-state index contributed by atoms with van der Waals surface area (Å²) in [5, 5.41) is 9.66. The van der Waals surface area contributed by atoms with E-state index < -0.39 is 11.6 Å². The molecular weight excluding hydrogens is 403 g/mol. The summed E-state index contributed by atoms with van der Waals surface area (Å²) < 4.78 is 1.48. The Hall–Kier alpha value is -2.16. The lowest BCUT2D eigenvalue weighted by molar-refractivity contribution is -0.122. The van der Waals surface area contributed by atoms with Gasteiger partial charge in [-0.15, -0.1) is 24.8 Å². The lowest BCUT2D eigenvalue weighted by Crippen LogP contribution is -2.52. The molecule has 154 valence electrons. The first-order chi connectivity index (χ1) is 12.5. The lowest BCUT2D eigenvalue weighted by atomic mass is 9.82. The van der Waals surface area contributed by atoms with E-state index in [2.05, 4.69) is 20.7 Å². The summed E-state index contributed by atoms with van der Waals surface area (Å²) >= 11 is 0. The summed E-state index contributed by atoms with van der Waals surface area (Å²) in [4.78, 5) is 28.5. The molecule has 1 aliphatic carbocycles. The van der Waals surface area contributed by atoms with Crippen molar-refractivity contribution in [3.63, 3.8) is 0 Å². The number of nitrogens with zero attached hydrogens (tertiary/aromatic N) is 3. The number of amides is 2. The molecule has 1 aromatic carbocycles. The SMILES string of the molecule is CC(C(=O)Nc1ccc(NC(=O)C2(N)CCCCC2)cc1)n1cncn1.Cl.Cl. The van der Waals surface area contributed by atoms with Gasteiger partial charge < -0.3 is 16.4 Å². The highest BCUT2D eigenvalue weighted by atomic mass is 35.5. The van der Waals surface area contributed by atoms with Crippen LogP contribution in [0, 0.1) is 0 Å². The van der Waals surface area contributed by atoms with Crippen molar-refractivity contribution < 1.29 is 9.59 Å². The number of halogens is 2. The molecule has 1 saturated carbocycles. The molecule has 1 fully saturated rings. The third-order valence-corrected chi connectivity index (χ3v) is 4.82. The molecule has 3 rings (SSSR count). The number of aromatic nitrogens is 3. The number of carbonyl (C=O) groups excluding carboxylic acids is 2. The number of hydrogen-bond donors (Lipinski definition) is 3. The molecule has 0 saturated heterocycles. The Labute approximate surface area is 176 Å². The van der Waals surface area contributed by atoms with Gasteiger partial charge in [-0.1, -0.05) is 19.3 Å².